The average molecular weight is 357 g/mol. The molecule has 1 heterocycles. The Morgan fingerprint density at radius 2 is 2.25 bits per heavy atom. The molecule has 1 aromatic heterocycles. The molecule has 2 aromatic rings. The molecule has 106 valence electrons. The first kappa shape index (κ1) is 14.9. The molecular formula is C13H13BrN2O3S. The maximum absolute atomic E-state index is 12.0. The van der Waals surface area contributed by atoms with E-state index in [0.29, 0.717) is 35.5 Å². The molecule has 0 unspecified atom stereocenters. The maximum Gasteiger partial charge on any atom is 0.232 e. The van der Waals surface area contributed by atoms with Crippen molar-refractivity contribution in [3.8, 4) is 12.3 Å². The van der Waals surface area contributed by atoms with E-state index in [9.17, 15) is 8.42 Å². The van der Waals surface area contributed by atoms with E-state index in [1.165, 1.54) is 0 Å². The number of halogens is 1. The standard InChI is InChI=1S/C13H13BrN2O3S/c1-3-4-5-6-20(17,18)16-12-8-10(14)7-11-13(12)19-9(2)15-11/h1,7-8,16H,4-6H2,2H3. The lowest BCUT2D eigenvalue weighted by atomic mass is 10.3. The van der Waals surface area contributed by atoms with Gasteiger partial charge in [-0.05, 0) is 18.6 Å². The SMILES string of the molecule is C#CCCCS(=O)(=O)Nc1cc(Br)cc2nc(C)oc12. The van der Waals surface area contributed by atoms with Crippen molar-refractivity contribution in [3.63, 3.8) is 0 Å². The molecule has 0 amide bonds. The molecule has 0 fully saturated rings. The molecule has 1 N–H and O–H groups in total. The van der Waals surface area contributed by atoms with E-state index in [1.54, 1.807) is 19.1 Å². The van der Waals surface area contributed by atoms with Crippen LogP contribution in [-0.4, -0.2) is 19.2 Å². The maximum atomic E-state index is 12.0. The lowest BCUT2D eigenvalue weighted by Crippen LogP contribution is -2.16. The number of terminal acetylenes is 1. The first-order valence-electron chi connectivity index (χ1n) is 5.92. The average Bonchev–Trinajstić information content (AvgIpc) is 2.69. The number of anilines is 1. The molecule has 2 rings (SSSR count). The van der Waals surface area contributed by atoms with Crippen molar-refractivity contribution in [2.24, 2.45) is 0 Å². The number of rotatable bonds is 5. The molecule has 5 nitrogen and oxygen atoms in total. The Balaban J connectivity index is 2.31. The van der Waals surface area contributed by atoms with Gasteiger partial charge >= 0.3 is 0 Å². The minimum atomic E-state index is -3.46. The number of sulfonamides is 1. The lowest BCUT2D eigenvalue weighted by molar-refractivity contribution is 0.561. The minimum absolute atomic E-state index is 0.0294. The van der Waals surface area contributed by atoms with E-state index in [0.717, 1.165) is 4.47 Å². The number of aromatic nitrogens is 1. The fourth-order valence-corrected chi connectivity index (χ4v) is 3.33. The third-order valence-electron chi connectivity index (χ3n) is 2.56. The fourth-order valence-electron chi connectivity index (χ4n) is 1.77. The summed E-state index contributed by atoms with van der Waals surface area (Å²) in [5.74, 6) is 2.87. The number of benzene rings is 1. The molecule has 0 aliphatic heterocycles. The molecule has 20 heavy (non-hydrogen) atoms. The third kappa shape index (κ3) is 3.52. The van der Waals surface area contributed by atoms with Gasteiger partial charge in [0.25, 0.3) is 0 Å². The lowest BCUT2D eigenvalue weighted by Gasteiger charge is -2.08. The summed E-state index contributed by atoms with van der Waals surface area (Å²) in [4.78, 5) is 4.18. The first-order valence-corrected chi connectivity index (χ1v) is 8.36. The zero-order valence-corrected chi connectivity index (χ0v) is 13.2. The topological polar surface area (TPSA) is 72.2 Å². The molecule has 0 atom stereocenters. The van der Waals surface area contributed by atoms with Gasteiger partial charge in [-0.15, -0.1) is 12.3 Å². The normalized spacial score (nSPS) is 11.4. The number of nitrogens with zero attached hydrogens (tertiary/aromatic N) is 1. The second-order valence-electron chi connectivity index (χ2n) is 4.26. The number of hydrogen-bond acceptors (Lipinski definition) is 4. The van der Waals surface area contributed by atoms with E-state index in [2.05, 4.69) is 31.6 Å². The van der Waals surface area contributed by atoms with Crippen molar-refractivity contribution in [3.05, 3.63) is 22.5 Å². The molecule has 0 aliphatic carbocycles. The smallest absolute Gasteiger partial charge is 0.232 e. The zero-order valence-electron chi connectivity index (χ0n) is 10.8. The molecule has 0 bridgehead atoms. The Morgan fingerprint density at radius 1 is 1.50 bits per heavy atom. The van der Waals surface area contributed by atoms with Gasteiger partial charge in [-0.2, -0.15) is 0 Å². The molecule has 0 aliphatic rings. The number of unbranched alkanes of at least 4 members (excludes halogenated alkanes) is 1. The molecule has 0 radical (unpaired) electrons. The van der Waals surface area contributed by atoms with Gasteiger partial charge in [0.15, 0.2) is 11.5 Å². The Hall–Kier alpha value is -1.52. The highest BCUT2D eigenvalue weighted by molar-refractivity contribution is 9.10. The van der Waals surface area contributed by atoms with E-state index < -0.39 is 10.0 Å². The van der Waals surface area contributed by atoms with Crippen molar-refractivity contribution in [2.45, 2.75) is 19.8 Å². The Bertz CT molecular complexity index is 775. The van der Waals surface area contributed by atoms with Crippen LogP contribution in [-0.2, 0) is 10.0 Å². The zero-order chi connectivity index (χ0) is 14.8. The molecule has 1 aromatic carbocycles. The number of nitrogens with one attached hydrogen (secondary N) is 1. The third-order valence-corrected chi connectivity index (χ3v) is 4.38. The quantitative estimate of drug-likeness (QED) is 0.660. The monoisotopic (exact) mass is 356 g/mol. The van der Waals surface area contributed by atoms with Crippen LogP contribution in [0.15, 0.2) is 21.0 Å². The summed E-state index contributed by atoms with van der Waals surface area (Å²) in [7, 11) is -3.46. The molecular weight excluding hydrogens is 344 g/mol. The van der Waals surface area contributed by atoms with Gasteiger partial charge in [-0.3, -0.25) is 4.72 Å². The predicted molar refractivity (Wildman–Crippen MR) is 81.9 cm³/mol. The highest BCUT2D eigenvalue weighted by Crippen LogP contribution is 2.29. The summed E-state index contributed by atoms with van der Waals surface area (Å²) in [5.41, 5.74) is 1.39. The van der Waals surface area contributed by atoms with Crippen molar-refractivity contribution in [1.29, 1.82) is 0 Å². The van der Waals surface area contributed by atoms with Gasteiger partial charge in [0.05, 0.1) is 11.4 Å². The second-order valence-corrected chi connectivity index (χ2v) is 7.02. The highest BCUT2D eigenvalue weighted by atomic mass is 79.9. The van der Waals surface area contributed by atoms with Crippen LogP contribution in [0, 0.1) is 19.3 Å². The van der Waals surface area contributed by atoms with Gasteiger partial charge in [-0.1, -0.05) is 15.9 Å². The van der Waals surface area contributed by atoms with Crippen LogP contribution in [0.3, 0.4) is 0 Å². The summed E-state index contributed by atoms with van der Waals surface area (Å²) >= 11 is 3.32. The van der Waals surface area contributed by atoms with Crippen LogP contribution in [0.25, 0.3) is 11.1 Å². The Morgan fingerprint density at radius 3 is 2.95 bits per heavy atom. The van der Waals surface area contributed by atoms with Crippen molar-refractivity contribution in [2.75, 3.05) is 10.5 Å². The number of oxazole rings is 1. The van der Waals surface area contributed by atoms with E-state index in [-0.39, 0.29) is 5.75 Å². The highest BCUT2D eigenvalue weighted by Gasteiger charge is 2.15. The van der Waals surface area contributed by atoms with Gasteiger partial charge in [0.1, 0.15) is 5.52 Å². The largest absolute Gasteiger partial charge is 0.439 e. The summed E-state index contributed by atoms with van der Waals surface area (Å²) in [6.07, 6.45) is 5.95. The van der Waals surface area contributed by atoms with Crippen LogP contribution in [0.1, 0.15) is 18.7 Å². The van der Waals surface area contributed by atoms with Crippen LogP contribution in [0.2, 0.25) is 0 Å². The number of aryl methyl sites for hydroxylation is 1. The molecule has 7 heteroatoms. The first-order chi connectivity index (χ1) is 9.41. The van der Waals surface area contributed by atoms with E-state index in [1.807, 2.05) is 0 Å². The molecule has 0 spiro atoms. The van der Waals surface area contributed by atoms with Gasteiger partial charge in [-0.25, -0.2) is 13.4 Å². The van der Waals surface area contributed by atoms with Crippen LogP contribution < -0.4 is 4.72 Å². The Labute approximate surface area is 125 Å². The summed E-state index contributed by atoms with van der Waals surface area (Å²) in [6.45, 7) is 1.71. The van der Waals surface area contributed by atoms with Crippen molar-refractivity contribution < 1.29 is 12.8 Å². The molecule has 0 saturated carbocycles. The second kappa shape index (κ2) is 5.85. The van der Waals surface area contributed by atoms with E-state index in [4.69, 9.17) is 10.8 Å². The predicted octanol–water partition coefficient (Wildman–Crippen LogP) is 3.05. The van der Waals surface area contributed by atoms with E-state index >= 15 is 0 Å². The number of hydrogen-bond donors (Lipinski definition) is 1. The summed E-state index contributed by atoms with van der Waals surface area (Å²) in [6, 6.07) is 3.41. The van der Waals surface area contributed by atoms with Crippen LogP contribution in [0.4, 0.5) is 5.69 Å². The summed E-state index contributed by atoms with van der Waals surface area (Å²) in [5, 5.41) is 0. The van der Waals surface area contributed by atoms with Crippen LogP contribution >= 0.6 is 15.9 Å². The van der Waals surface area contributed by atoms with Gasteiger partial charge < -0.3 is 4.42 Å². The number of fused-ring (bicyclic) bond motifs is 1. The summed E-state index contributed by atoms with van der Waals surface area (Å²) < 4.78 is 32.6. The minimum Gasteiger partial charge on any atom is -0.439 e. The van der Waals surface area contributed by atoms with Crippen molar-refractivity contribution in [1.82, 2.24) is 4.98 Å². The van der Waals surface area contributed by atoms with Gasteiger partial charge in [0.2, 0.25) is 10.0 Å². The van der Waals surface area contributed by atoms with Crippen molar-refractivity contribution >= 4 is 42.7 Å². The molecule has 0 saturated heterocycles. The fraction of sp³-hybridized carbons (Fsp3) is 0.308. The van der Waals surface area contributed by atoms with Crippen LogP contribution in [0.5, 0.6) is 0 Å². The van der Waals surface area contributed by atoms with Gasteiger partial charge in [0, 0.05) is 17.8 Å². The Kier molecular flexibility index (Phi) is 4.35.